The van der Waals surface area contributed by atoms with E-state index in [0.717, 1.165) is 0 Å². The van der Waals surface area contributed by atoms with Crippen LogP contribution in [-0.4, -0.2) is 47.4 Å². The van der Waals surface area contributed by atoms with Crippen LogP contribution in [0, 0.1) is 0 Å². The first-order valence-corrected chi connectivity index (χ1v) is 7.00. The van der Waals surface area contributed by atoms with Crippen molar-refractivity contribution < 1.29 is 19.1 Å². The van der Waals surface area contributed by atoms with Crippen molar-refractivity contribution in [3.8, 4) is 0 Å². The zero-order chi connectivity index (χ0) is 16.3. The Balaban J connectivity index is 2.52. The van der Waals surface area contributed by atoms with Gasteiger partial charge in [0.15, 0.2) is 0 Å². The van der Waals surface area contributed by atoms with Crippen molar-refractivity contribution in [3.05, 3.63) is 12.2 Å². The van der Waals surface area contributed by atoms with Crippen LogP contribution in [0.1, 0.15) is 40.5 Å². The molecule has 1 rings (SSSR count). The van der Waals surface area contributed by atoms with Crippen LogP contribution in [0.5, 0.6) is 0 Å². The lowest BCUT2D eigenvalue weighted by atomic mass is 9.98. The first-order valence-electron chi connectivity index (χ1n) is 7.00. The van der Waals surface area contributed by atoms with Gasteiger partial charge < -0.3 is 10.1 Å². The van der Waals surface area contributed by atoms with Crippen molar-refractivity contribution in [3.63, 3.8) is 0 Å². The van der Waals surface area contributed by atoms with E-state index in [9.17, 15) is 14.4 Å². The number of amides is 3. The highest BCUT2D eigenvalue weighted by atomic mass is 16.5. The minimum absolute atomic E-state index is 0.0895. The normalized spacial score (nSPS) is 15.8. The number of hydrogen-bond donors (Lipinski definition) is 1. The van der Waals surface area contributed by atoms with Gasteiger partial charge in [0.2, 0.25) is 5.91 Å². The Hall–Kier alpha value is -1.69. The van der Waals surface area contributed by atoms with Gasteiger partial charge in [0.1, 0.15) is 0 Å². The second kappa shape index (κ2) is 6.39. The molecule has 0 aromatic carbocycles. The average Bonchev–Trinajstić information content (AvgIpc) is 2.68. The molecule has 3 amide bonds. The molecule has 0 atom stereocenters. The van der Waals surface area contributed by atoms with E-state index < -0.39 is 11.1 Å². The Kier molecular flexibility index (Phi) is 5.28. The molecule has 0 radical (unpaired) electrons. The molecule has 0 bridgehead atoms. The molecule has 118 valence electrons. The van der Waals surface area contributed by atoms with Crippen LogP contribution in [0.15, 0.2) is 12.2 Å². The number of imide groups is 1. The van der Waals surface area contributed by atoms with E-state index in [1.54, 1.807) is 7.05 Å². The highest BCUT2D eigenvalue weighted by Gasteiger charge is 2.37. The lowest BCUT2D eigenvalue weighted by Gasteiger charge is -2.35. The number of rotatable bonds is 7. The topological polar surface area (TPSA) is 75.7 Å². The minimum atomic E-state index is -0.624. The predicted molar refractivity (Wildman–Crippen MR) is 78.4 cm³/mol. The molecule has 1 aliphatic rings. The predicted octanol–water partition coefficient (Wildman–Crippen LogP) is 1.01. The third kappa shape index (κ3) is 4.67. The summed E-state index contributed by atoms with van der Waals surface area (Å²) in [7, 11) is 1.58. The van der Waals surface area contributed by atoms with Crippen LogP contribution in [-0.2, 0) is 19.1 Å². The summed E-state index contributed by atoms with van der Waals surface area (Å²) in [5.41, 5.74) is -1.21. The summed E-state index contributed by atoms with van der Waals surface area (Å²) in [6.07, 6.45) is 3.32. The number of carbonyl (C=O) groups excluding carboxylic acids is 3. The first-order chi connectivity index (χ1) is 9.59. The lowest BCUT2D eigenvalue weighted by molar-refractivity contribution is -0.144. The molecule has 0 unspecified atom stereocenters. The SMILES string of the molecule is CNC(=O)CC(C)(C)OCCC(C)(C)N1C(=O)C=CC1=O. The molecule has 0 aromatic rings. The lowest BCUT2D eigenvalue weighted by Crippen LogP contribution is -2.48. The number of ether oxygens (including phenoxy) is 1. The van der Waals surface area contributed by atoms with Crippen LogP contribution in [0.4, 0.5) is 0 Å². The molecule has 1 heterocycles. The van der Waals surface area contributed by atoms with Gasteiger partial charge in [-0.05, 0) is 34.1 Å². The average molecular weight is 296 g/mol. The molecule has 1 aliphatic heterocycles. The molecule has 6 heteroatoms. The summed E-state index contributed by atoms with van der Waals surface area (Å²) in [5.74, 6) is -0.683. The smallest absolute Gasteiger partial charge is 0.254 e. The second-order valence-electron chi connectivity index (χ2n) is 6.37. The van der Waals surface area contributed by atoms with E-state index in [4.69, 9.17) is 4.74 Å². The summed E-state index contributed by atoms with van der Waals surface area (Å²) in [4.78, 5) is 36.0. The van der Waals surface area contributed by atoms with Crippen molar-refractivity contribution >= 4 is 17.7 Å². The van der Waals surface area contributed by atoms with Gasteiger partial charge in [0.05, 0.1) is 12.0 Å². The van der Waals surface area contributed by atoms with Gasteiger partial charge in [-0.15, -0.1) is 0 Å². The number of hydrogen-bond acceptors (Lipinski definition) is 4. The van der Waals surface area contributed by atoms with E-state index >= 15 is 0 Å². The molecule has 21 heavy (non-hydrogen) atoms. The van der Waals surface area contributed by atoms with E-state index in [1.165, 1.54) is 17.1 Å². The van der Waals surface area contributed by atoms with E-state index in [0.29, 0.717) is 13.0 Å². The summed E-state index contributed by atoms with van der Waals surface area (Å²) in [6.45, 7) is 7.68. The highest BCUT2D eigenvalue weighted by molar-refractivity contribution is 6.13. The summed E-state index contributed by atoms with van der Waals surface area (Å²) >= 11 is 0. The number of nitrogens with one attached hydrogen (secondary N) is 1. The third-order valence-corrected chi connectivity index (χ3v) is 3.49. The Morgan fingerprint density at radius 2 is 1.71 bits per heavy atom. The Morgan fingerprint density at radius 3 is 2.19 bits per heavy atom. The zero-order valence-corrected chi connectivity index (χ0v) is 13.4. The van der Waals surface area contributed by atoms with Crippen LogP contribution in [0.25, 0.3) is 0 Å². The second-order valence-corrected chi connectivity index (χ2v) is 6.37. The van der Waals surface area contributed by atoms with Crippen molar-refractivity contribution in [2.75, 3.05) is 13.7 Å². The molecule has 0 fully saturated rings. The third-order valence-electron chi connectivity index (χ3n) is 3.49. The summed E-state index contributed by atoms with van der Waals surface area (Å²) in [5, 5.41) is 2.56. The van der Waals surface area contributed by atoms with Crippen molar-refractivity contribution in [2.24, 2.45) is 0 Å². The van der Waals surface area contributed by atoms with Crippen LogP contribution < -0.4 is 5.32 Å². The maximum absolute atomic E-state index is 11.7. The molecule has 0 spiro atoms. The van der Waals surface area contributed by atoms with Gasteiger partial charge in [-0.3, -0.25) is 19.3 Å². The van der Waals surface area contributed by atoms with Crippen molar-refractivity contribution in [1.29, 1.82) is 0 Å². The fraction of sp³-hybridized carbons (Fsp3) is 0.667. The quantitative estimate of drug-likeness (QED) is 0.711. The summed E-state index contributed by atoms with van der Waals surface area (Å²) < 4.78 is 5.74. The Labute approximate surface area is 125 Å². The van der Waals surface area contributed by atoms with Gasteiger partial charge >= 0.3 is 0 Å². The molecular weight excluding hydrogens is 272 g/mol. The van der Waals surface area contributed by atoms with Gasteiger partial charge in [-0.25, -0.2) is 0 Å². The van der Waals surface area contributed by atoms with Crippen molar-refractivity contribution in [1.82, 2.24) is 10.2 Å². The molecule has 0 aromatic heterocycles. The zero-order valence-electron chi connectivity index (χ0n) is 13.4. The standard InChI is InChI=1S/C15H24N2O4/c1-14(2,17-12(19)6-7-13(17)20)8-9-21-15(3,4)10-11(18)16-5/h6-7H,8-10H2,1-5H3,(H,16,18). The largest absolute Gasteiger partial charge is 0.375 e. The van der Waals surface area contributed by atoms with Crippen molar-refractivity contribution in [2.45, 2.75) is 51.7 Å². The van der Waals surface area contributed by atoms with Gasteiger partial charge in [0.25, 0.3) is 11.8 Å². The Morgan fingerprint density at radius 1 is 1.19 bits per heavy atom. The highest BCUT2D eigenvalue weighted by Crippen LogP contribution is 2.24. The van der Waals surface area contributed by atoms with Crippen LogP contribution in [0.3, 0.4) is 0 Å². The fourth-order valence-corrected chi connectivity index (χ4v) is 2.21. The van der Waals surface area contributed by atoms with Crippen LogP contribution >= 0.6 is 0 Å². The minimum Gasteiger partial charge on any atom is -0.375 e. The first kappa shape index (κ1) is 17.4. The van der Waals surface area contributed by atoms with E-state index in [1.807, 2.05) is 27.7 Å². The van der Waals surface area contributed by atoms with Gasteiger partial charge in [-0.2, -0.15) is 0 Å². The molecule has 1 N–H and O–H groups in total. The maximum Gasteiger partial charge on any atom is 0.254 e. The van der Waals surface area contributed by atoms with Gasteiger partial charge in [-0.1, -0.05) is 0 Å². The maximum atomic E-state index is 11.7. The molecule has 0 saturated carbocycles. The molecular formula is C15H24N2O4. The molecule has 0 saturated heterocycles. The molecule has 6 nitrogen and oxygen atoms in total. The molecule has 0 aliphatic carbocycles. The van der Waals surface area contributed by atoms with Gasteiger partial charge in [0, 0.05) is 31.3 Å². The Bertz CT molecular complexity index is 448. The summed E-state index contributed by atoms with van der Waals surface area (Å²) in [6, 6.07) is 0. The monoisotopic (exact) mass is 296 g/mol. The number of carbonyl (C=O) groups is 3. The fourth-order valence-electron chi connectivity index (χ4n) is 2.21. The van der Waals surface area contributed by atoms with Crippen LogP contribution in [0.2, 0.25) is 0 Å². The number of nitrogens with zero attached hydrogens (tertiary/aromatic N) is 1. The van der Waals surface area contributed by atoms with E-state index in [2.05, 4.69) is 5.32 Å². The van der Waals surface area contributed by atoms with E-state index in [-0.39, 0.29) is 24.1 Å².